The van der Waals surface area contributed by atoms with Crippen molar-refractivity contribution < 1.29 is 9.32 Å². The molecule has 0 aliphatic heterocycles. The molecule has 1 aromatic heterocycles. The summed E-state index contributed by atoms with van der Waals surface area (Å²) in [6.07, 6.45) is 2.85. The number of hydrogen-bond donors (Lipinski definition) is 2. The van der Waals surface area contributed by atoms with Gasteiger partial charge in [0.05, 0.1) is 11.8 Å². The van der Waals surface area contributed by atoms with Crippen LogP contribution in [0.15, 0.2) is 35.2 Å². The van der Waals surface area contributed by atoms with Gasteiger partial charge in [-0.2, -0.15) is 0 Å². The molecule has 94 valence electrons. The Labute approximate surface area is 105 Å². The Morgan fingerprint density at radius 2 is 2.28 bits per heavy atom. The predicted molar refractivity (Wildman–Crippen MR) is 69.8 cm³/mol. The molecule has 0 aliphatic carbocycles. The van der Waals surface area contributed by atoms with Gasteiger partial charge < -0.3 is 15.2 Å². The molecule has 0 bridgehead atoms. The number of hydrogen-bond acceptors (Lipinski definition) is 4. The van der Waals surface area contributed by atoms with Crippen molar-refractivity contribution in [3.8, 4) is 0 Å². The number of benzene rings is 1. The average Bonchev–Trinajstić information content (AvgIpc) is 2.82. The minimum Gasteiger partial charge on any atom is -0.385 e. The molecule has 18 heavy (non-hydrogen) atoms. The molecule has 0 saturated carbocycles. The highest BCUT2D eigenvalue weighted by Crippen LogP contribution is 2.19. The number of amides is 1. The summed E-state index contributed by atoms with van der Waals surface area (Å²) in [6.45, 7) is 4.74. The van der Waals surface area contributed by atoms with E-state index < -0.39 is 0 Å². The first-order valence-electron chi connectivity index (χ1n) is 5.76. The second-order valence-electron chi connectivity index (χ2n) is 3.95. The van der Waals surface area contributed by atoms with Crippen LogP contribution in [0.5, 0.6) is 0 Å². The third-order valence-corrected chi connectivity index (χ3v) is 2.48. The van der Waals surface area contributed by atoms with Crippen LogP contribution >= 0.6 is 0 Å². The summed E-state index contributed by atoms with van der Waals surface area (Å²) >= 11 is 0. The van der Waals surface area contributed by atoms with E-state index in [2.05, 4.69) is 20.3 Å². The molecule has 2 N–H and O–H groups in total. The fourth-order valence-electron chi connectivity index (χ4n) is 1.66. The van der Waals surface area contributed by atoms with E-state index >= 15 is 0 Å². The zero-order valence-electron chi connectivity index (χ0n) is 10.4. The number of carbonyl (C=O) groups is 1. The van der Waals surface area contributed by atoms with Crippen molar-refractivity contribution in [3.63, 3.8) is 0 Å². The normalized spacial score (nSPS) is 10.1. The van der Waals surface area contributed by atoms with Crippen molar-refractivity contribution in [1.29, 1.82) is 0 Å². The van der Waals surface area contributed by atoms with E-state index in [1.54, 1.807) is 6.07 Å². The van der Waals surface area contributed by atoms with Gasteiger partial charge >= 0.3 is 0 Å². The molecule has 0 atom stereocenters. The lowest BCUT2D eigenvalue weighted by atomic mass is 10.1. The molecular formula is C13H15N3O2. The van der Waals surface area contributed by atoms with Gasteiger partial charge in [0, 0.05) is 12.2 Å². The van der Waals surface area contributed by atoms with Crippen LogP contribution in [0.1, 0.15) is 22.8 Å². The first kappa shape index (κ1) is 12.2. The van der Waals surface area contributed by atoms with Gasteiger partial charge in [-0.05, 0) is 31.5 Å². The van der Waals surface area contributed by atoms with Gasteiger partial charge in [-0.3, -0.25) is 4.79 Å². The van der Waals surface area contributed by atoms with E-state index in [0.717, 1.165) is 17.8 Å². The highest BCUT2D eigenvalue weighted by Gasteiger charge is 2.12. The Morgan fingerprint density at radius 1 is 1.44 bits per heavy atom. The SMILES string of the molecule is CCNc1cc(C)ccc1C(=O)Nc1cnoc1. The molecule has 5 nitrogen and oxygen atoms in total. The maximum absolute atomic E-state index is 12.1. The molecule has 0 saturated heterocycles. The second kappa shape index (κ2) is 5.35. The largest absolute Gasteiger partial charge is 0.385 e. The molecule has 0 unspecified atom stereocenters. The van der Waals surface area contributed by atoms with Crippen LogP contribution in [0.2, 0.25) is 0 Å². The Kier molecular flexibility index (Phi) is 3.62. The molecule has 0 radical (unpaired) electrons. The topological polar surface area (TPSA) is 67.2 Å². The van der Waals surface area contributed by atoms with Crippen molar-refractivity contribution in [2.75, 3.05) is 17.2 Å². The Hall–Kier alpha value is -2.30. The summed E-state index contributed by atoms with van der Waals surface area (Å²) in [7, 11) is 0. The number of nitrogens with zero attached hydrogens (tertiary/aromatic N) is 1. The number of aromatic nitrogens is 1. The number of anilines is 2. The Bertz CT molecular complexity index is 535. The summed E-state index contributed by atoms with van der Waals surface area (Å²) in [4.78, 5) is 12.1. The molecule has 0 spiro atoms. The van der Waals surface area contributed by atoms with Gasteiger partial charge in [-0.1, -0.05) is 11.2 Å². The number of aryl methyl sites for hydroxylation is 1. The van der Waals surface area contributed by atoms with Gasteiger partial charge in [-0.15, -0.1) is 0 Å². The zero-order valence-corrected chi connectivity index (χ0v) is 10.4. The van der Waals surface area contributed by atoms with Crippen molar-refractivity contribution >= 4 is 17.3 Å². The molecule has 2 rings (SSSR count). The first-order chi connectivity index (χ1) is 8.70. The zero-order chi connectivity index (χ0) is 13.0. The third kappa shape index (κ3) is 2.68. The second-order valence-corrected chi connectivity index (χ2v) is 3.95. The number of carbonyl (C=O) groups excluding carboxylic acids is 1. The predicted octanol–water partition coefficient (Wildman–Crippen LogP) is 2.67. The Balaban J connectivity index is 2.23. The van der Waals surface area contributed by atoms with E-state index in [-0.39, 0.29) is 5.91 Å². The van der Waals surface area contributed by atoms with E-state index in [0.29, 0.717) is 11.3 Å². The maximum Gasteiger partial charge on any atom is 0.257 e. The van der Waals surface area contributed by atoms with Crippen LogP contribution in [-0.4, -0.2) is 17.6 Å². The number of rotatable bonds is 4. The minimum absolute atomic E-state index is 0.186. The number of nitrogens with one attached hydrogen (secondary N) is 2. The van der Waals surface area contributed by atoms with Crippen LogP contribution in [0, 0.1) is 6.92 Å². The highest BCUT2D eigenvalue weighted by molar-refractivity contribution is 6.07. The molecule has 2 aromatic rings. The molecular weight excluding hydrogens is 230 g/mol. The summed E-state index contributed by atoms with van der Waals surface area (Å²) in [6, 6.07) is 5.66. The van der Waals surface area contributed by atoms with Gasteiger partial charge in [-0.25, -0.2) is 0 Å². The van der Waals surface area contributed by atoms with Crippen LogP contribution in [0.4, 0.5) is 11.4 Å². The average molecular weight is 245 g/mol. The fraction of sp³-hybridized carbons (Fsp3) is 0.231. The molecule has 1 aromatic carbocycles. The molecule has 1 heterocycles. The van der Waals surface area contributed by atoms with E-state index in [1.807, 2.05) is 26.0 Å². The Morgan fingerprint density at radius 3 is 2.94 bits per heavy atom. The fourth-order valence-corrected chi connectivity index (χ4v) is 1.66. The van der Waals surface area contributed by atoms with Crippen LogP contribution < -0.4 is 10.6 Å². The highest BCUT2D eigenvalue weighted by atomic mass is 16.5. The lowest BCUT2D eigenvalue weighted by molar-refractivity contribution is 0.102. The van der Waals surface area contributed by atoms with E-state index in [1.165, 1.54) is 12.5 Å². The molecule has 1 amide bonds. The summed E-state index contributed by atoms with van der Waals surface area (Å²) in [5.41, 5.74) is 3.07. The van der Waals surface area contributed by atoms with Gasteiger partial charge in [0.25, 0.3) is 5.91 Å². The summed E-state index contributed by atoms with van der Waals surface area (Å²) in [5.74, 6) is -0.186. The lowest BCUT2D eigenvalue weighted by Gasteiger charge is -2.11. The van der Waals surface area contributed by atoms with E-state index in [9.17, 15) is 4.79 Å². The van der Waals surface area contributed by atoms with Gasteiger partial charge in [0.15, 0.2) is 0 Å². The smallest absolute Gasteiger partial charge is 0.257 e. The van der Waals surface area contributed by atoms with Gasteiger partial charge in [0.1, 0.15) is 12.0 Å². The van der Waals surface area contributed by atoms with E-state index in [4.69, 9.17) is 0 Å². The van der Waals surface area contributed by atoms with Crippen molar-refractivity contribution in [3.05, 3.63) is 41.8 Å². The standard InChI is InChI=1S/C13H15N3O2/c1-3-14-12-6-9(2)4-5-11(12)13(17)16-10-7-15-18-8-10/h4-8,14H,3H2,1-2H3,(H,16,17). The quantitative estimate of drug-likeness (QED) is 0.869. The first-order valence-corrected chi connectivity index (χ1v) is 5.76. The van der Waals surface area contributed by atoms with Crippen LogP contribution in [-0.2, 0) is 0 Å². The third-order valence-electron chi connectivity index (χ3n) is 2.48. The summed E-state index contributed by atoms with van der Waals surface area (Å²) < 4.78 is 4.67. The van der Waals surface area contributed by atoms with Crippen molar-refractivity contribution in [1.82, 2.24) is 5.16 Å². The monoisotopic (exact) mass is 245 g/mol. The van der Waals surface area contributed by atoms with Crippen LogP contribution in [0.25, 0.3) is 0 Å². The van der Waals surface area contributed by atoms with Crippen LogP contribution in [0.3, 0.4) is 0 Å². The molecule has 0 fully saturated rings. The minimum atomic E-state index is -0.186. The molecule has 5 heteroatoms. The molecule has 0 aliphatic rings. The maximum atomic E-state index is 12.1. The summed E-state index contributed by atoms with van der Waals surface area (Å²) in [5, 5.41) is 9.44. The lowest BCUT2D eigenvalue weighted by Crippen LogP contribution is -2.14. The van der Waals surface area contributed by atoms with Crippen molar-refractivity contribution in [2.45, 2.75) is 13.8 Å². The van der Waals surface area contributed by atoms with Crippen molar-refractivity contribution in [2.24, 2.45) is 0 Å². The van der Waals surface area contributed by atoms with Gasteiger partial charge in [0.2, 0.25) is 0 Å².